The first-order chi connectivity index (χ1) is 7.72. The number of morpholine rings is 1. The van der Waals surface area contributed by atoms with E-state index >= 15 is 0 Å². The van der Waals surface area contributed by atoms with Crippen LogP contribution in [0, 0.1) is 0 Å². The molecule has 1 aromatic heterocycles. The third kappa shape index (κ3) is 1.91. The van der Waals surface area contributed by atoms with Gasteiger partial charge in [0.15, 0.2) is 0 Å². The fraction of sp³-hybridized carbons (Fsp3) is 0.818. The van der Waals surface area contributed by atoms with Crippen LogP contribution in [0.2, 0.25) is 0 Å². The second kappa shape index (κ2) is 3.73. The van der Waals surface area contributed by atoms with Crippen LogP contribution in [0.1, 0.15) is 38.5 Å². The highest BCUT2D eigenvalue weighted by Gasteiger charge is 2.31. The first-order valence-corrected chi connectivity index (χ1v) is 5.96. The van der Waals surface area contributed by atoms with E-state index in [4.69, 9.17) is 9.15 Å². The van der Waals surface area contributed by atoms with Crippen LogP contribution >= 0.6 is 0 Å². The summed E-state index contributed by atoms with van der Waals surface area (Å²) < 4.78 is 11.4. The summed E-state index contributed by atoms with van der Waals surface area (Å²) in [5.74, 6) is 1.33. The molecule has 1 saturated carbocycles. The third-order valence-electron chi connectivity index (χ3n) is 3.05. The van der Waals surface area contributed by atoms with Crippen molar-refractivity contribution < 1.29 is 9.15 Å². The second-order valence-electron chi connectivity index (χ2n) is 4.86. The number of aromatic nitrogens is 2. The Morgan fingerprint density at radius 1 is 1.12 bits per heavy atom. The summed E-state index contributed by atoms with van der Waals surface area (Å²) in [4.78, 5) is 2.12. The lowest BCUT2D eigenvalue weighted by molar-refractivity contribution is -0.00675. The fourth-order valence-electron chi connectivity index (χ4n) is 2.18. The molecule has 1 aliphatic heterocycles. The van der Waals surface area contributed by atoms with Crippen molar-refractivity contribution in [3.8, 4) is 0 Å². The van der Waals surface area contributed by atoms with E-state index in [-0.39, 0.29) is 12.2 Å². The maximum absolute atomic E-state index is 5.69. The summed E-state index contributed by atoms with van der Waals surface area (Å²) in [6.45, 7) is 5.80. The van der Waals surface area contributed by atoms with E-state index in [0.717, 1.165) is 19.0 Å². The molecule has 88 valence electrons. The number of ether oxygens (including phenoxy) is 1. The summed E-state index contributed by atoms with van der Waals surface area (Å²) in [7, 11) is 0. The van der Waals surface area contributed by atoms with Crippen LogP contribution in [-0.2, 0) is 4.74 Å². The van der Waals surface area contributed by atoms with Gasteiger partial charge in [-0.3, -0.25) is 0 Å². The number of anilines is 1. The predicted molar refractivity (Wildman–Crippen MR) is 58.5 cm³/mol. The van der Waals surface area contributed by atoms with Crippen molar-refractivity contribution in [3.63, 3.8) is 0 Å². The summed E-state index contributed by atoms with van der Waals surface area (Å²) in [6.07, 6.45) is 2.83. The third-order valence-corrected chi connectivity index (χ3v) is 3.05. The molecule has 2 heterocycles. The van der Waals surface area contributed by atoms with Crippen LogP contribution in [0.15, 0.2) is 4.42 Å². The van der Waals surface area contributed by atoms with E-state index in [0.29, 0.717) is 11.9 Å². The summed E-state index contributed by atoms with van der Waals surface area (Å²) in [6, 6.07) is 0.656. The fourth-order valence-corrected chi connectivity index (χ4v) is 2.18. The SMILES string of the molecule is C[C@@H]1CN(c2nnc(C3CC3)o2)C[C@@H](C)O1. The molecule has 0 amide bonds. The largest absolute Gasteiger partial charge is 0.408 e. The first kappa shape index (κ1) is 10.1. The van der Waals surface area contributed by atoms with Gasteiger partial charge in [0.25, 0.3) is 0 Å². The molecule has 2 atom stereocenters. The molecule has 1 aliphatic carbocycles. The van der Waals surface area contributed by atoms with E-state index in [1.54, 1.807) is 0 Å². The molecule has 0 aromatic carbocycles. The molecule has 0 bridgehead atoms. The minimum absolute atomic E-state index is 0.222. The van der Waals surface area contributed by atoms with Crippen molar-refractivity contribution in [3.05, 3.63) is 5.89 Å². The Labute approximate surface area is 94.8 Å². The van der Waals surface area contributed by atoms with Gasteiger partial charge < -0.3 is 14.1 Å². The van der Waals surface area contributed by atoms with Gasteiger partial charge in [0.05, 0.1) is 12.2 Å². The Balaban J connectivity index is 1.74. The van der Waals surface area contributed by atoms with E-state index in [1.807, 2.05) is 0 Å². The molecule has 5 heteroatoms. The van der Waals surface area contributed by atoms with Crippen LogP contribution in [0.4, 0.5) is 6.01 Å². The molecule has 0 radical (unpaired) electrons. The Morgan fingerprint density at radius 3 is 2.44 bits per heavy atom. The molecule has 2 aliphatic rings. The molecule has 0 N–H and O–H groups in total. The second-order valence-corrected chi connectivity index (χ2v) is 4.86. The Morgan fingerprint density at radius 2 is 1.81 bits per heavy atom. The quantitative estimate of drug-likeness (QED) is 0.761. The van der Waals surface area contributed by atoms with Gasteiger partial charge in [0, 0.05) is 19.0 Å². The molecule has 0 spiro atoms. The van der Waals surface area contributed by atoms with Gasteiger partial charge in [0.2, 0.25) is 5.89 Å². The van der Waals surface area contributed by atoms with Crippen LogP contribution in [0.25, 0.3) is 0 Å². The molecule has 3 rings (SSSR count). The molecular formula is C11H17N3O2. The Kier molecular flexibility index (Phi) is 2.35. The maximum Gasteiger partial charge on any atom is 0.318 e. The van der Waals surface area contributed by atoms with Gasteiger partial charge >= 0.3 is 6.01 Å². The van der Waals surface area contributed by atoms with Gasteiger partial charge in [-0.25, -0.2) is 0 Å². The number of rotatable bonds is 2. The van der Waals surface area contributed by atoms with Crippen LogP contribution in [0.5, 0.6) is 0 Å². The normalized spacial score (nSPS) is 30.8. The molecular weight excluding hydrogens is 206 g/mol. The predicted octanol–water partition coefficient (Wildman–Crippen LogP) is 1.56. The molecule has 0 unspecified atom stereocenters. The van der Waals surface area contributed by atoms with E-state index in [2.05, 4.69) is 28.9 Å². The topological polar surface area (TPSA) is 51.4 Å². The summed E-state index contributed by atoms with van der Waals surface area (Å²) in [5.41, 5.74) is 0. The minimum atomic E-state index is 0.222. The zero-order chi connectivity index (χ0) is 11.1. The monoisotopic (exact) mass is 223 g/mol. The highest BCUT2D eigenvalue weighted by molar-refractivity contribution is 5.26. The van der Waals surface area contributed by atoms with Crippen LogP contribution in [0.3, 0.4) is 0 Å². The van der Waals surface area contributed by atoms with Crippen molar-refractivity contribution in [1.29, 1.82) is 0 Å². The van der Waals surface area contributed by atoms with Gasteiger partial charge in [-0.15, -0.1) is 5.10 Å². The Bertz CT molecular complexity index is 365. The van der Waals surface area contributed by atoms with E-state index in [9.17, 15) is 0 Å². The molecule has 16 heavy (non-hydrogen) atoms. The Hall–Kier alpha value is -1.10. The van der Waals surface area contributed by atoms with E-state index < -0.39 is 0 Å². The van der Waals surface area contributed by atoms with Crippen LogP contribution < -0.4 is 4.90 Å². The minimum Gasteiger partial charge on any atom is -0.408 e. The summed E-state index contributed by atoms with van der Waals surface area (Å²) >= 11 is 0. The first-order valence-electron chi connectivity index (χ1n) is 5.96. The van der Waals surface area contributed by atoms with Crippen molar-refractivity contribution in [2.75, 3.05) is 18.0 Å². The lowest BCUT2D eigenvalue weighted by atomic mass is 10.2. The lowest BCUT2D eigenvalue weighted by Crippen LogP contribution is -2.45. The van der Waals surface area contributed by atoms with Gasteiger partial charge in [-0.1, -0.05) is 5.10 Å². The van der Waals surface area contributed by atoms with Crippen molar-refractivity contribution in [2.45, 2.75) is 44.8 Å². The zero-order valence-electron chi connectivity index (χ0n) is 9.72. The van der Waals surface area contributed by atoms with Gasteiger partial charge in [0.1, 0.15) is 0 Å². The van der Waals surface area contributed by atoms with Crippen molar-refractivity contribution in [2.24, 2.45) is 0 Å². The van der Waals surface area contributed by atoms with Crippen LogP contribution in [-0.4, -0.2) is 35.5 Å². The highest BCUT2D eigenvalue weighted by atomic mass is 16.5. The number of hydrogen-bond donors (Lipinski definition) is 0. The van der Waals surface area contributed by atoms with Crippen molar-refractivity contribution >= 4 is 6.01 Å². The molecule has 1 saturated heterocycles. The number of hydrogen-bond acceptors (Lipinski definition) is 5. The highest BCUT2D eigenvalue weighted by Crippen LogP contribution is 2.39. The average molecular weight is 223 g/mol. The van der Waals surface area contributed by atoms with E-state index in [1.165, 1.54) is 12.8 Å². The van der Waals surface area contributed by atoms with Crippen molar-refractivity contribution in [1.82, 2.24) is 10.2 Å². The summed E-state index contributed by atoms with van der Waals surface area (Å²) in [5, 5.41) is 8.23. The molecule has 1 aromatic rings. The lowest BCUT2D eigenvalue weighted by Gasteiger charge is -2.33. The zero-order valence-corrected chi connectivity index (χ0v) is 9.72. The average Bonchev–Trinajstić information content (AvgIpc) is 2.95. The standard InChI is InChI=1S/C11H17N3O2/c1-7-5-14(6-8(2)15-7)11-13-12-10(16-11)9-3-4-9/h7-9H,3-6H2,1-2H3/t7-,8-/m1/s1. The van der Waals surface area contributed by atoms with Gasteiger partial charge in [-0.2, -0.15) is 0 Å². The molecule has 5 nitrogen and oxygen atoms in total. The smallest absolute Gasteiger partial charge is 0.318 e. The van der Waals surface area contributed by atoms with Gasteiger partial charge in [-0.05, 0) is 26.7 Å². The number of nitrogens with zero attached hydrogens (tertiary/aromatic N) is 3. The maximum atomic E-state index is 5.69. The molecule has 2 fully saturated rings.